The Balaban J connectivity index is 1.72. The van der Waals surface area contributed by atoms with Crippen molar-refractivity contribution in [2.24, 2.45) is 0 Å². The quantitative estimate of drug-likeness (QED) is 0.891. The standard InChI is InChI=1S/C18H25FN2O3/c1-24-15-5-6-16(19)14(11-15)12-21-10-4-7-18(23,17(21)22)13-20-8-2-3-9-20/h5-6,11,23H,2-4,7-10,12-13H2,1H3. The van der Waals surface area contributed by atoms with Crippen molar-refractivity contribution in [3.8, 4) is 5.75 Å². The summed E-state index contributed by atoms with van der Waals surface area (Å²) in [4.78, 5) is 16.5. The zero-order valence-electron chi connectivity index (χ0n) is 14.1. The van der Waals surface area contributed by atoms with E-state index >= 15 is 0 Å². The second kappa shape index (κ2) is 7.07. The van der Waals surface area contributed by atoms with Gasteiger partial charge in [-0.05, 0) is 57.0 Å². The fraction of sp³-hybridized carbons (Fsp3) is 0.611. The Hall–Kier alpha value is -1.66. The molecule has 1 unspecified atom stereocenters. The minimum atomic E-state index is -1.35. The molecule has 5 nitrogen and oxygen atoms in total. The van der Waals surface area contributed by atoms with Gasteiger partial charge in [0.15, 0.2) is 5.60 Å². The predicted octanol–water partition coefficient (Wildman–Crippen LogP) is 1.78. The van der Waals surface area contributed by atoms with Gasteiger partial charge >= 0.3 is 0 Å². The number of rotatable bonds is 5. The van der Waals surface area contributed by atoms with Crippen molar-refractivity contribution in [1.82, 2.24) is 9.80 Å². The van der Waals surface area contributed by atoms with E-state index in [0.29, 0.717) is 30.8 Å². The molecule has 2 fully saturated rings. The maximum absolute atomic E-state index is 14.0. The number of halogens is 1. The average molecular weight is 336 g/mol. The number of aliphatic hydroxyl groups is 1. The van der Waals surface area contributed by atoms with E-state index in [1.165, 1.54) is 13.2 Å². The Kier molecular flexibility index (Phi) is 5.06. The van der Waals surface area contributed by atoms with Gasteiger partial charge in [-0.1, -0.05) is 0 Å². The molecule has 2 heterocycles. The summed E-state index contributed by atoms with van der Waals surface area (Å²) in [5, 5.41) is 10.9. The van der Waals surface area contributed by atoms with Crippen molar-refractivity contribution in [3.63, 3.8) is 0 Å². The number of hydrogen-bond acceptors (Lipinski definition) is 4. The average Bonchev–Trinajstić information content (AvgIpc) is 3.06. The maximum Gasteiger partial charge on any atom is 0.256 e. The SMILES string of the molecule is COc1ccc(F)c(CN2CCCC(O)(CN3CCCC3)C2=O)c1. The number of nitrogens with zero attached hydrogens (tertiary/aromatic N) is 2. The summed E-state index contributed by atoms with van der Waals surface area (Å²) in [5.41, 5.74) is -0.939. The molecule has 0 saturated carbocycles. The van der Waals surface area contributed by atoms with Crippen LogP contribution in [-0.2, 0) is 11.3 Å². The summed E-state index contributed by atoms with van der Waals surface area (Å²) in [6, 6.07) is 4.51. The van der Waals surface area contributed by atoms with Crippen LogP contribution in [0.5, 0.6) is 5.75 Å². The number of ether oxygens (including phenoxy) is 1. The van der Waals surface area contributed by atoms with Crippen LogP contribution < -0.4 is 4.74 Å². The predicted molar refractivity (Wildman–Crippen MR) is 88.2 cm³/mol. The van der Waals surface area contributed by atoms with Crippen molar-refractivity contribution >= 4 is 5.91 Å². The second-order valence-electron chi connectivity index (χ2n) is 6.80. The number of carbonyl (C=O) groups is 1. The van der Waals surface area contributed by atoms with Crippen LogP contribution >= 0.6 is 0 Å². The van der Waals surface area contributed by atoms with Crippen LogP contribution in [0.2, 0.25) is 0 Å². The molecule has 1 N–H and O–H groups in total. The van der Waals surface area contributed by atoms with Crippen LogP contribution in [0.4, 0.5) is 4.39 Å². The lowest BCUT2D eigenvalue weighted by Gasteiger charge is -2.40. The number of amides is 1. The molecule has 1 aromatic carbocycles. The van der Waals surface area contributed by atoms with Crippen molar-refractivity contribution in [2.45, 2.75) is 37.8 Å². The van der Waals surface area contributed by atoms with Gasteiger partial charge in [0.2, 0.25) is 0 Å². The van der Waals surface area contributed by atoms with Crippen LogP contribution in [0.25, 0.3) is 0 Å². The molecule has 132 valence electrons. The Morgan fingerprint density at radius 3 is 2.71 bits per heavy atom. The van der Waals surface area contributed by atoms with Gasteiger partial charge in [-0.3, -0.25) is 9.69 Å². The highest BCUT2D eigenvalue weighted by Gasteiger charge is 2.43. The minimum absolute atomic E-state index is 0.157. The minimum Gasteiger partial charge on any atom is -0.497 e. The third-order valence-corrected chi connectivity index (χ3v) is 5.00. The summed E-state index contributed by atoms with van der Waals surface area (Å²) in [5.74, 6) is -0.0942. The largest absolute Gasteiger partial charge is 0.497 e. The van der Waals surface area contributed by atoms with E-state index in [0.717, 1.165) is 32.4 Å². The number of methoxy groups -OCH3 is 1. The first-order valence-corrected chi connectivity index (χ1v) is 8.58. The van der Waals surface area contributed by atoms with Gasteiger partial charge in [-0.2, -0.15) is 0 Å². The first-order valence-electron chi connectivity index (χ1n) is 8.58. The fourth-order valence-corrected chi connectivity index (χ4v) is 3.68. The molecule has 0 aliphatic carbocycles. The van der Waals surface area contributed by atoms with Crippen molar-refractivity contribution < 1.29 is 19.0 Å². The van der Waals surface area contributed by atoms with Gasteiger partial charge in [0, 0.05) is 25.2 Å². The summed E-state index contributed by atoms with van der Waals surface area (Å²) < 4.78 is 19.2. The first kappa shape index (κ1) is 17.2. The van der Waals surface area contributed by atoms with E-state index in [-0.39, 0.29) is 18.3 Å². The lowest BCUT2D eigenvalue weighted by molar-refractivity contribution is -0.160. The van der Waals surface area contributed by atoms with Crippen LogP contribution in [0.3, 0.4) is 0 Å². The molecule has 2 aliphatic heterocycles. The van der Waals surface area contributed by atoms with E-state index < -0.39 is 5.60 Å². The number of benzene rings is 1. The maximum atomic E-state index is 14.0. The third-order valence-electron chi connectivity index (χ3n) is 5.00. The molecule has 1 aromatic rings. The monoisotopic (exact) mass is 336 g/mol. The summed E-state index contributed by atoms with van der Waals surface area (Å²) >= 11 is 0. The number of carbonyl (C=O) groups excluding carboxylic acids is 1. The van der Waals surface area contributed by atoms with Gasteiger partial charge < -0.3 is 14.7 Å². The molecule has 0 spiro atoms. The highest BCUT2D eigenvalue weighted by Crippen LogP contribution is 2.27. The van der Waals surface area contributed by atoms with Gasteiger partial charge in [-0.25, -0.2) is 4.39 Å². The summed E-state index contributed by atoms with van der Waals surface area (Å²) in [6.07, 6.45) is 3.42. The Morgan fingerprint density at radius 2 is 2.00 bits per heavy atom. The molecular weight excluding hydrogens is 311 g/mol. The molecule has 24 heavy (non-hydrogen) atoms. The Bertz CT molecular complexity index is 604. The Morgan fingerprint density at radius 1 is 1.25 bits per heavy atom. The molecule has 0 bridgehead atoms. The number of β-amino-alcohol motifs (C(OH)–C–C–N with tert-alkyl or cyclic N) is 1. The molecule has 0 radical (unpaired) electrons. The Labute approximate surface area is 142 Å². The highest BCUT2D eigenvalue weighted by molar-refractivity contribution is 5.86. The number of likely N-dealkylation sites (tertiary alicyclic amines) is 2. The summed E-state index contributed by atoms with van der Waals surface area (Å²) in [6.45, 7) is 2.94. The molecular formula is C18H25FN2O3. The molecule has 6 heteroatoms. The van der Waals surface area contributed by atoms with E-state index in [1.807, 2.05) is 0 Å². The van der Waals surface area contributed by atoms with E-state index in [1.54, 1.807) is 17.0 Å². The summed E-state index contributed by atoms with van der Waals surface area (Å²) in [7, 11) is 1.53. The van der Waals surface area contributed by atoms with E-state index in [4.69, 9.17) is 4.74 Å². The second-order valence-corrected chi connectivity index (χ2v) is 6.80. The zero-order valence-corrected chi connectivity index (χ0v) is 14.1. The van der Waals surface area contributed by atoms with Crippen LogP contribution in [0, 0.1) is 5.82 Å². The lowest BCUT2D eigenvalue weighted by atomic mass is 9.90. The molecule has 3 rings (SSSR count). The molecule has 1 amide bonds. The highest BCUT2D eigenvalue weighted by atomic mass is 19.1. The van der Waals surface area contributed by atoms with Gasteiger partial charge in [0.25, 0.3) is 5.91 Å². The molecule has 2 aliphatic rings. The van der Waals surface area contributed by atoms with Crippen molar-refractivity contribution in [1.29, 1.82) is 0 Å². The van der Waals surface area contributed by atoms with Crippen LogP contribution in [-0.4, -0.2) is 59.7 Å². The topological polar surface area (TPSA) is 53.0 Å². The smallest absolute Gasteiger partial charge is 0.256 e. The first-order chi connectivity index (χ1) is 11.5. The normalized spacial score (nSPS) is 25.3. The lowest BCUT2D eigenvalue weighted by Crippen LogP contribution is -2.58. The van der Waals surface area contributed by atoms with E-state index in [2.05, 4.69) is 4.90 Å². The van der Waals surface area contributed by atoms with E-state index in [9.17, 15) is 14.3 Å². The fourth-order valence-electron chi connectivity index (χ4n) is 3.68. The van der Waals surface area contributed by atoms with Gasteiger partial charge in [0.1, 0.15) is 11.6 Å². The van der Waals surface area contributed by atoms with Gasteiger partial charge in [-0.15, -0.1) is 0 Å². The molecule has 1 atom stereocenters. The van der Waals surface area contributed by atoms with Crippen molar-refractivity contribution in [2.75, 3.05) is 33.3 Å². The van der Waals surface area contributed by atoms with Gasteiger partial charge in [0.05, 0.1) is 7.11 Å². The number of hydrogen-bond donors (Lipinski definition) is 1. The van der Waals surface area contributed by atoms with Crippen LogP contribution in [0.15, 0.2) is 18.2 Å². The van der Waals surface area contributed by atoms with Crippen LogP contribution in [0.1, 0.15) is 31.2 Å². The zero-order chi connectivity index (χ0) is 17.2. The number of piperidine rings is 1. The van der Waals surface area contributed by atoms with Crippen molar-refractivity contribution in [3.05, 3.63) is 29.6 Å². The molecule has 2 saturated heterocycles. The molecule has 0 aromatic heterocycles. The third kappa shape index (κ3) is 3.54.